The maximum Gasteiger partial charge on any atom is 0.306 e. The standard InChI is InChI=1S/C23H28N2O2/c26-23(27)18-8-6-16(7-9-18)15-24-22-14-21(22)17-10-12-20(13-11-17)25-19-4-2-1-3-5-19/h1-5,10-13,16,18,21-22,24-25H,6-9,14-15H2,(H,26,27)/t16?,18?,21-,22+/m0/s1. The Balaban J connectivity index is 1.22. The Morgan fingerprint density at radius 3 is 2.26 bits per heavy atom. The van der Waals surface area contributed by atoms with Crippen molar-refractivity contribution in [3.63, 3.8) is 0 Å². The minimum absolute atomic E-state index is 0.113. The highest BCUT2D eigenvalue weighted by Crippen LogP contribution is 2.41. The van der Waals surface area contributed by atoms with Crippen molar-refractivity contribution in [2.75, 3.05) is 11.9 Å². The SMILES string of the molecule is O=C(O)C1CCC(CN[C@@H]2C[C@H]2c2ccc(Nc3ccccc3)cc2)CC1. The highest BCUT2D eigenvalue weighted by molar-refractivity contribution is 5.70. The van der Waals surface area contributed by atoms with E-state index >= 15 is 0 Å². The number of benzene rings is 2. The van der Waals surface area contributed by atoms with Gasteiger partial charge in [0.1, 0.15) is 0 Å². The van der Waals surface area contributed by atoms with E-state index in [-0.39, 0.29) is 5.92 Å². The van der Waals surface area contributed by atoms with E-state index in [0.717, 1.165) is 43.6 Å². The molecule has 4 heteroatoms. The molecule has 0 aromatic heterocycles. The van der Waals surface area contributed by atoms with Gasteiger partial charge in [0.25, 0.3) is 0 Å². The van der Waals surface area contributed by atoms with Gasteiger partial charge >= 0.3 is 5.97 Å². The number of carbonyl (C=O) groups is 1. The Morgan fingerprint density at radius 2 is 1.59 bits per heavy atom. The molecule has 2 aliphatic rings. The first-order valence-corrected chi connectivity index (χ1v) is 10.1. The number of carboxylic acids is 1. The third-order valence-electron chi connectivity index (χ3n) is 6.06. The first kappa shape index (κ1) is 18.1. The van der Waals surface area contributed by atoms with E-state index in [1.165, 1.54) is 12.0 Å². The third kappa shape index (κ3) is 4.69. The van der Waals surface area contributed by atoms with E-state index in [1.807, 2.05) is 18.2 Å². The van der Waals surface area contributed by atoms with Crippen LogP contribution in [0.2, 0.25) is 0 Å². The van der Waals surface area contributed by atoms with Crippen LogP contribution in [0.5, 0.6) is 0 Å². The van der Waals surface area contributed by atoms with Crippen LogP contribution in [0, 0.1) is 11.8 Å². The predicted octanol–water partition coefficient (Wildman–Crippen LogP) is 4.77. The van der Waals surface area contributed by atoms with Crippen molar-refractivity contribution in [3.05, 3.63) is 60.2 Å². The van der Waals surface area contributed by atoms with Crippen LogP contribution in [0.1, 0.15) is 43.6 Å². The number of carboxylic acid groups (broad SMARTS) is 1. The Labute approximate surface area is 161 Å². The molecule has 2 aliphatic carbocycles. The van der Waals surface area contributed by atoms with Crippen molar-refractivity contribution in [3.8, 4) is 0 Å². The van der Waals surface area contributed by atoms with Crippen molar-refractivity contribution >= 4 is 17.3 Å². The molecular formula is C23H28N2O2. The summed E-state index contributed by atoms with van der Waals surface area (Å²) in [6.45, 7) is 1.03. The maximum absolute atomic E-state index is 11.0. The van der Waals surface area contributed by atoms with Gasteiger partial charge in [-0.05, 0) is 74.4 Å². The van der Waals surface area contributed by atoms with Crippen LogP contribution in [0.4, 0.5) is 11.4 Å². The highest BCUT2D eigenvalue weighted by Gasteiger charge is 2.38. The number of para-hydroxylation sites is 1. The molecule has 0 bridgehead atoms. The summed E-state index contributed by atoms with van der Waals surface area (Å²) in [5.74, 6) is 0.525. The van der Waals surface area contributed by atoms with Crippen molar-refractivity contribution < 1.29 is 9.90 Å². The summed E-state index contributed by atoms with van der Waals surface area (Å²) in [5, 5.41) is 16.2. The zero-order valence-corrected chi connectivity index (χ0v) is 15.6. The van der Waals surface area contributed by atoms with Gasteiger partial charge in [-0.2, -0.15) is 0 Å². The van der Waals surface area contributed by atoms with Crippen molar-refractivity contribution in [2.24, 2.45) is 11.8 Å². The molecule has 2 fully saturated rings. The van der Waals surface area contributed by atoms with Crippen LogP contribution < -0.4 is 10.6 Å². The molecule has 0 spiro atoms. The first-order valence-electron chi connectivity index (χ1n) is 10.1. The Hall–Kier alpha value is -2.33. The molecule has 2 atom stereocenters. The second-order valence-corrected chi connectivity index (χ2v) is 8.03. The van der Waals surface area contributed by atoms with Crippen molar-refractivity contribution in [2.45, 2.75) is 44.1 Å². The second kappa shape index (κ2) is 8.13. The van der Waals surface area contributed by atoms with Gasteiger partial charge in [0.15, 0.2) is 0 Å². The molecule has 0 saturated heterocycles. The van der Waals surface area contributed by atoms with Crippen LogP contribution in [0.3, 0.4) is 0 Å². The van der Waals surface area contributed by atoms with E-state index in [2.05, 4.69) is 47.0 Å². The molecule has 0 heterocycles. The number of rotatable bonds is 7. The van der Waals surface area contributed by atoms with Gasteiger partial charge in [0, 0.05) is 23.3 Å². The van der Waals surface area contributed by atoms with E-state index in [1.54, 1.807) is 0 Å². The fourth-order valence-corrected chi connectivity index (χ4v) is 4.22. The van der Waals surface area contributed by atoms with Crippen LogP contribution in [0.25, 0.3) is 0 Å². The van der Waals surface area contributed by atoms with E-state index < -0.39 is 5.97 Å². The number of aliphatic carboxylic acids is 1. The molecule has 2 saturated carbocycles. The molecule has 4 rings (SSSR count). The Morgan fingerprint density at radius 1 is 0.926 bits per heavy atom. The van der Waals surface area contributed by atoms with Gasteiger partial charge in [0.05, 0.1) is 5.92 Å². The summed E-state index contributed by atoms with van der Waals surface area (Å²) in [6, 6.07) is 19.6. The lowest BCUT2D eigenvalue weighted by molar-refractivity contribution is -0.143. The summed E-state index contributed by atoms with van der Waals surface area (Å²) in [7, 11) is 0. The van der Waals surface area contributed by atoms with Crippen LogP contribution in [-0.2, 0) is 4.79 Å². The molecule has 27 heavy (non-hydrogen) atoms. The van der Waals surface area contributed by atoms with Crippen LogP contribution >= 0.6 is 0 Å². The first-order chi connectivity index (χ1) is 13.2. The normalized spacial score (nSPS) is 27.1. The summed E-state index contributed by atoms with van der Waals surface area (Å²) in [4.78, 5) is 11.0. The lowest BCUT2D eigenvalue weighted by atomic mass is 9.82. The van der Waals surface area contributed by atoms with Gasteiger partial charge < -0.3 is 15.7 Å². The van der Waals surface area contributed by atoms with Crippen molar-refractivity contribution in [1.29, 1.82) is 0 Å². The summed E-state index contributed by atoms with van der Waals surface area (Å²) >= 11 is 0. The molecule has 2 aromatic carbocycles. The quantitative estimate of drug-likeness (QED) is 0.662. The molecule has 4 nitrogen and oxygen atoms in total. The van der Waals surface area contributed by atoms with E-state index in [4.69, 9.17) is 5.11 Å². The fourth-order valence-electron chi connectivity index (χ4n) is 4.22. The molecule has 142 valence electrons. The third-order valence-corrected chi connectivity index (χ3v) is 6.06. The van der Waals surface area contributed by atoms with Gasteiger partial charge in [-0.25, -0.2) is 0 Å². The molecular weight excluding hydrogens is 336 g/mol. The maximum atomic E-state index is 11.0. The molecule has 0 aliphatic heterocycles. The zero-order chi connectivity index (χ0) is 18.6. The van der Waals surface area contributed by atoms with Crippen LogP contribution in [-0.4, -0.2) is 23.7 Å². The largest absolute Gasteiger partial charge is 0.481 e. The minimum atomic E-state index is -0.617. The van der Waals surface area contributed by atoms with Gasteiger partial charge in [-0.1, -0.05) is 30.3 Å². The monoisotopic (exact) mass is 364 g/mol. The number of hydrogen-bond acceptors (Lipinski definition) is 3. The predicted molar refractivity (Wildman–Crippen MR) is 108 cm³/mol. The van der Waals surface area contributed by atoms with Gasteiger partial charge in [-0.3, -0.25) is 4.79 Å². The molecule has 0 amide bonds. The summed E-state index contributed by atoms with van der Waals surface area (Å²) in [6.07, 6.45) is 4.97. The Bertz CT molecular complexity index is 752. The van der Waals surface area contributed by atoms with Gasteiger partial charge in [-0.15, -0.1) is 0 Å². The smallest absolute Gasteiger partial charge is 0.306 e. The minimum Gasteiger partial charge on any atom is -0.481 e. The van der Waals surface area contributed by atoms with Gasteiger partial charge in [0.2, 0.25) is 0 Å². The summed E-state index contributed by atoms with van der Waals surface area (Å²) in [5.41, 5.74) is 3.62. The molecule has 0 radical (unpaired) electrons. The van der Waals surface area contributed by atoms with Crippen LogP contribution in [0.15, 0.2) is 54.6 Å². The second-order valence-electron chi connectivity index (χ2n) is 8.03. The molecule has 3 N–H and O–H groups in total. The van der Waals surface area contributed by atoms with Crippen molar-refractivity contribution in [1.82, 2.24) is 5.32 Å². The average Bonchev–Trinajstić information content (AvgIpc) is 3.48. The lowest BCUT2D eigenvalue weighted by Gasteiger charge is -2.26. The number of anilines is 2. The fraction of sp³-hybridized carbons (Fsp3) is 0.435. The Kier molecular flexibility index (Phi) is 5.44. The zero-order valence-electron chi connectivity index (χ0n) is 15.6. The molecule has 2 aromatic rings. The van der Waals surface area contributed by atoms with E-state index in [0.29, 0.717) is 17.9 Å². The average molecular weight is 364 g/mol. The topological polar surface area (TPSA) is 61.4 Å². The highest BCUT2D eigenvalue weighted by atomic mass is 16.4. The summed E-state index contributed by atoms with van der Waals surface area (Å²) < 4.78 is 0. The number of hydrogen-bond donors (Lipinski definition) is 3. The molecule has 0 unspecified atom stereocenters. The lowest BCUT2D eigenvalue weighted by Crippen LogP contribution is -2.30. The van der Waals surface area contributed by atoms with E-state index in [9.17, 15) is 4.79 Å². The number of nitrogens with one attached hydrogen (secondary N) is 2.